The van der Waals surface area contributed by atoms with Gasteiger partial charge in [0.05, 0.1) is 18.6 Å². The summed E-state index contributed by atoms with van der Waals surface area (Å²) in [6.07, 6.45) is 1.78. The number of amides is 2. The first-order valence-corrected chi connectivity index (χ1v) is 11.2. The third kappa shape index (κ3) is 5.31. The molecule has 0 aromatic heterocycles. The van der Waals surface area contributed by atoms with E-state index >= 15 is 0 Å². The lowest BCUT2D eigenvalue weighted by atomic mass is 10.1. The zero-order valence-electron chi connectivity index (χ0n) is 15.4. The van der Waals surface area contributed by atoms with Crippen LogP contribution in [0.4, 0.5) is 0 Å². The van der Waals surface area contributed by atoms with Crippen LogP contribution in [0, 0.1) is 0 Å². The van der Waals surface area contributed by atoms with Crippen LogP contribution in [0.3, 0.4) is 0 Å². The van der Waals surface area contributed by atoms with Crippen molar-refractivity contribution in [1.82, 2.24) is 15.1 Å². The Morgan fingerprint density at radius 2 is 2.00 bits per heavy atom. The number of carbonyl (C=O) groups excluding carboxylic acids is 2. The Balaban J connectivity index is 1.56. The number of halogens is 2. The summed E-state index contributed by atoms with van der Waals surface area (Å²) in [6.45, 7) is 4.53. The summed E-state index contributed by atoms with van der Waals surface area (Å²) in [5.41, 5.74) is 0.828. The highest BCUT2D eigenvalue weighted by Crippen LogP contribution is 2.26. The molecule has 2 unspecified atom stereocenters. The van der Waals surface area contributed by atoms with Crippen LogP contribution in [0.5, 0.6) is 0 Å². The Hall–Kier alpha value is -0.950. The van der Waals surface area contributed by atoms with E-state index in [1.165, 1.54) is 0 Å². The van der Waals surface area contributed by atoms with E-state index < -0.39 is 0 Å². The fraction of sp³-hybridized carbons (Fsp3) is 0.579. The van der Waals surface area contributed by atoms with E-state index in [4.69, 9.17) is 23.2 Å². The Morgan fingerprint density at radius 3 is 2.70 bits per heavy atom. The maximum atomic E-state index is 12.8. The minimum Gasteiger partial charge on any atom is -0.348 e. The predicted molar refractivity (Wildman–Crippen MR) is 112 cm³/mol. The second-order valence-corrected chi connectivity index (χ2v) is 9.09. The molecule has 2 aliphatic heterocycles. The van der Waals surface area contributed by atoms with E-state index in [0.29, 0.717) is 10.0 Å². The number of hydrogen-bond donors (Lipinski definition) is 1. The molecule has 2 atom stereocenters. The summed E-state index contributed by atoms with van der Waals surface area (Å²) in [5, 5.41) is 4.09. The topological polar surface area (TPSA) is 52.7 Å². The maximum Gasteiger partial charge on any atom is 0.239 e. The molecule has 8 heteroatoms. The van der Waals surface area contributed by atoms with Gasteiger partial charge >= 0.3 is 0 Å². The molecule has 0 radical (unpaired) electrons. The lowest BCUT2D eigenvalue weighted by molar-refractivity contribution is -0.136. The molecule has 0 aliphatic carbocycles. The van der Waals surface area contributed by atoms with E-state index in [-0.39, 0.29) is 30.4 Å². The summed E-state index contributed by atoms with van der Waals surface area (Å²) in [4.78, 5) is 29.3. The molecular formula is C19H25Cl2N3O2S. The second-order valence-electron chi connectivity index (χ2n) is 7.02. The van der Waals surface area contributed by atoms with Gasteiger partial charge in [0.25, 0.3) is 0 Å². The van der Waals surface area contributed by atoms with Crippen LogP contribution in [0.1, 0.15) is 31.4 Å². The number of hydrogen-bond acceptors (Lipinski definition) is 4. The third-order valence-corrected chi connectivity index (χ3v) is 6.63. The highest BCUT2D eigenvalue weighted by molar-refractivity contribution is 7.99. The molecule has 5 nitrogen and oxygen atoms in total. The van der Waals surface area contributed by atoms with Crippen LogP contribution >= 0.6 is 35.0 Å². The van der Waals surface area contributed by atoms with Crippen molar-refractivity contribution < 1.29 is 9.59 Å². The van der Waals surface area contributed by atoms with Gasteiger partial charge in [-0.15, -0.1) is 0 Å². The number of thioether (sulfide) groups is 1. The van der Waals surface area contributed by atoms with Crippen molar-refractivity contribution in [3.8, 4) is 0 Å². The lowest BCUT2D eigenvalue weighted by Gasteiger charge is -2.32. The van der Waals surface area contributed by atoms with Gasteiger partial charge in [-0.3, -0.25) is 14.5 Å². The summed E-state index contributed by atoms with van der Waals surface area (Å²) in [5.74, 6) is 2.08. The molecule has 27 heavy (non-hydrogen) atoms. The molecule has 2 heterocycles. The zero-order valence-corrected chi connectivity index (χ0v) is 17.7. The Kier molecular flexibility index (Phi) is 7.31. The minimum atomic E-state index is -0.224. The van der Waals surface area contributed by atoms with E-state index in [0.717, 1.165) is 49.5 Å². The smallest absolute Gasteiger partial charge is 0.239 e. The number of likely N-dealkylation sites (tertiary alicyclic amines) is 1. The molecule has 148 valence electrons. The first-order chi connectivity index (χ1) is 13.0. The Labute approximate surface area is 174 Å². The largest absolute Gasteiger partial charge is 0.348 e. The van der Waals surface area contributed by atoms with Crippen molar-refractivity contribution in [3.63, 3.8) is 0 Å². The summed E-state index contributed by atoms with van der Waals surface area (Å²) in [7, 11) is 0. The van der Waals surface area contributed by atoms with Crippen molar-refractivity contribution in [3.05, 3.63) is 33.8 Å². The fourth-order valence-corrected chi connectivity index (χ4v) is 5.17. The molecule has 0 bridgehead atoms. The molecule has 1 N–H and O–H groups in total. The van der Waals surface area contributed by atoms with Gasteiger partial charge in [0.15, 0.2) is 0 Å². The van der Waals surface area contributed by atoms with Gasteiger partial charge in [-0.25, -0.2) is 0 Å². The highest BCUT2D eigenvalue weighted by Gasteiger charge is 2.35. The van der Waals surface area contributed by atoms with Gasteiger partial charge in [-0.05, 0) is 44.0 Å². The molecular weight excluding hydrogens is 405 g/mol. The monoisotopic (exact) mass is 429 g/mol. The summed E-state index contributed by atoms with van der Waals surface area (Å²) in [6, 6.07) is 4.86. The van der Waals surface area contributed by atoms with Crippen molar-refractivity contribution in [2.24, 2.45) is 0 Å². The van der Waals surface area contributed by atoms with Gasteiger partial charge in [-0.2, -0.15) is 11.8 Å². The van der Waals surface area contributed by atoms with Crippen LogP contribution in [-0.2, 0) is 9.59 Å². The molecule has 3 rings (SSSR count). The van der Waals surface area contributed by atoms with Gasteiger partial charge in [0.1, 0.15) is 0 Å². The number of rotatable bonds is 5. The first kappa shape index (κ1) is 20.8. The normalized spacial score (nSPS) is 21.9. The lowest BCUT2D eigenvalue weighted by Crippen LogP contribution is -2.50. The Morgan fingerprint density at radius 1 is 1.26 bits per heavy atom. The van der Waals surface area contributed by atoms with Gasteiger partial charge in [-0.1, -0.05) is 29.3 Å². The van der Waals surface area contributed by atoms with Crippen molar-refractivity contribution in [2.45, 2.75) is 31.8 Å². The van der Waals surface area contributed by atoms with Gasteiger partial charge in [0.2, 0.25) is 11.8 Å². The number of nitrogens with one attached hydrogen (secondary N) is 1. The molecule has 1 aromatic carbocycles. The first-order valence-electron chi connectivity index (χ1n) is 9.30. The fourth-order valence-electron chi connectivity index (χ4n) is 3.69. The van der Waals surface area contributed by atoms with Crippen LogP contribution in [-0.4, -0.2) is 65.3 Å². The number of benzene rings is 1. The van der Waals surface area contributed by atoms with Crippen molar-refractivity contribution >= 4 is 46.8 Å². The van der Waals surface area contributed by atoms with E-state index in [1.807, 2.05) is 34.6 Å². The molecule has 2 amide bonds. The van der Waals surface area contributed by atoms with Crippen LogP contribution in [0.25, 0.3) is 0 Å². The standard InChI is InChI=1S/C19H25Cl2N3O2S/c1-13(15-5-4-14(20)11-16(15)21)22-18(25)12-24-6-2-3-17(24)19(26)23-7-9-27-10-8-23/h4-5,11,13,17H,2-3,6-10,12H2,1H3,(H,22,25). The molecule has 2 aliphatic rings. The molecule has 0 saturated carbocycles. The number of carbonyl (C=O) groups is 2. The molecule has 1 aromatic rings. The third-order valence-electron chi connectivity index (χ3n) is 5.12. The predicted octanol–water partition coefficient (Wildman–Crippen LogP) is 3.21. The zero-order chi connectivity index (χ0) is 19.4. The van der Waals surface area contributed by atoms with E-state index in [9.17, 15) is 9.59 Å². The maximum absolute atomic E-state index is 12.8. The van der Waals surface area contributed by atoms with Crippen molar-refractivity contribution in [1.29, 1.82) is 0 Å². The summed E-state index contributed by atoms with van der Waals surface area (Å²) < 4.78 is 0. The summed E-state index contributed by atoms with van der Waals surface area (Å²) >= 11 is 14.1. The Bertz CT molecular complexity index is 698. The number of nitrogens with zero attached hydrogens (tertiary/aromatic N) is 2. The van der Waals surface area contributed by atoms with Crippen molar-refractivity contribution in [2.75, 3.05) is 37.7 Å². The van der Waals surface area contributed by atoms with Gasteiger partial charge in [0, 0.05) is 34.6 Å². The minimum absolute atomic E-state index is 0.0950. The molecule has 2 saturated heterocycles. The SMILES string of the molecule is CC(NC(=O)CN1CCCC1C(=O)N1CCSCC1)c1ccc(Cl)cc1Cl. The van der Waals surface area contributed by atoms with Gasteiger partial charge < -0.3 is 10.2 Å². The van der Waals surface area contributed by atoms with Crippen LogP contribution in [0.2, 0.25) is 10.0 Å². The van der Waals surface area contributed by atoms with E-state index in [1.54, 1.807) is 12.1 Å². The second kappa shape index (κ2) is 9.50. The van der Waals surface area contributed by atoms with Crippen LogP contribution < -0.4 is 5.32 Å². The van der Waals surface area contributed by atoms with E-state index in [2.05, 4.69) is 5.32 Å². The average molecular weight is 430 g/mol. The quantitative estimate of drug-likeness (QED) is 0.780. The molecule has 2 fully saturated rings. The van der Waals surface area contributed by atoms with Crippen LogP contribution in [0.15, 0.2) is 18.2 Å². The highest BCUT2D eigenvalue weighted by atomic mass is 35.5. The average Bonchev–Trinajstić information content (AvgIpc) is 3.09. The molecule has 0 spiro atoms.